The van der Waals surface area contributed by atoms with Crippen molar-refractivity contribution in [3.8, 4) is 0 Å². The number of aliphatic hydroxyl groups excluding tert-OH is 1. The molecule has 12 amide bonds. The fourth-order valence-corrected chi connectivity index (χ4v) is 14.0. The number of imidazole rings is 1. The predicted octanol–water partition coefficient (Wildman–Crippen LogP) is -0.200. The zero-order chi connectivity index (χ0) is 82.7. The minimum absolute atomic E-state index is 0.00959. The fourth-order valence-electron chi connectivity index (χ4n) is 13.1. The number of aromatic nitrogens is 4. The molecule has 0 aliphatic carbocycles. The number of carboxylic acid groups (broad SMARTS) is 1. The first-order chi connectivity index (χ1) is 54.5. The molecule has 11 atom stereocenters. The lowest BCUT2D eigenvalue weighted by Crippen LogP contribution is -2.59. The van der Waals surface area contributed by atoms with E-state index >= 15 is 9.59 Å². The number of Topliss-reactive ketones (excluding diaryl/α,β-unsaturated/α-hetero) is 1. The minimum Gasteiger partial charge on any atom is -0.481 e. The van der Waals surface area contributed by atoms with Crippen LogP contribution >= 0.6 is 11.8 Å². The topological polar surface area (TPSA) is 560 Å². The number of nitrogens with two attached hydrogens (primary N) is 2. The Morgan fingerprint density at radius 2 is 1.10 bits per heavy atom. The molecule has 4 aromatic carbocycles. The van der Waals surface area contributed by atoms with Gasteiger partial charge in [0.1, 0.15) is 54.4 Å². The van der Waals surface area contributed by atoms with E-state index in [2.05, 4.69) is 83.7 Å². The zero-order valence-electron chi connectivity index (χ0n) is 63.9. The number of nitrogens with one attached hydrogen (secondary N) is 16. The van der Waals surface area contributed by atoms with Gasteiger partial charge in [0.15, 0.2) is 11.7 Å². The highest BCUT2D eigenvalue weighted by Gasteiger charge is 2.39. The normalized spacial score (nSPS) is 22.8. The van der Waals surface area contributed by atoms with Crippen LogP contribution in [-0.2, 0) is 92.8 Å². The smallest absolute Gasteiger partial charge is 0.305 e. The van der Waals surface area contributed by atoms with Crippen molar-refractivity contribution in [3.05, 3.63) is 138 Å². The second-order valence-corrected chi connectivity index (χ2v) is 29.8. The molecule has 0 radical (unpaired) electrons. The number of aromatic amines is 3. The first kappa shape index (κ1) is 87.4. The van der Waals surface area contributed by atoms with E-state index in [1.807, 2.05) is 37.3 Å². The van der Waals surface area contributed by atoms with Crippen LogP contribution in [0.1, 0.15) is 102 Å². The quantitative estimate of drug-likeness (QED) is 0.0252. The summed E-state index contributed by atoms with van der Waals surface area (Å²) in [4.78, 5) is 214. The lowest BCUT2D eigenvalue weighted by molar-refractivity contribution is -0.141. The lowest BCUT2D eigenvalue weighted by Gasteiger charge is -2.29. The third kappa shape index (κ3) is 25.7. The number of benzene rings is 4. The summed E-state index contributed by atoms with van der Waals surface area (Å²) >= 11 is 0.850. The number of fused-ring (bicyclic) bond motifs is 3. The number of rotatable bonds is 21. The number of para-hydroxylation sites is 2. The van der Waals surface area contributed by atoms with Gasteiger partial charge < -0.3 is 100 Å². The Bertz CT molecular complexity index is 4600. The monoisotopic (exact) mass is 1590 g/mol. The highest BCUT2D eigenvalue weighted by atomic mass is 32.2. The molecule has 1 aliphatic rings. The molecule has 7 aromatic rings. The van der Waals surface area contributed by atoms with Gasteiger partial charge in [-0.3, -0.25) is 72.5 Å². The number of guanidine groups is 1. The van der Waals surface area contributed by atoms with Gasteiger partial charge in [-0.25, -0.2) is 4.98 Å². The largest absolute Gasteiger partial charge is 0.481 e. The lowest BCUT2D eigenvalue weighted by atomic mass is 9.86. The number of carbonyl (C=O) groups is 14. The maximum atomic E-state index is 15.1. The molecule has 35 nitrogen and oxygen atoms in total. The first-order valence-electron chi connectivity index (χ1n) is 37.6. The standard InChI is InChI=1S/C78H101N19O16S/c1-6-7-19-54-63(99)31-51(41(2)3)69(105)92-58(29-47-34-85-53-21-13-11-18-50(47)53)76(112)97-67(42(4)5)77(113)96-62(68(79)104)38-114-39-65(101)89-56(27-43-23-24-44-15-8-9-16-45(44)26-43)72(108)91-55(22-14-25-83-78(80)81)71(107)95-61(37-98)70(106)86-36-64(100)88-59(30-48-35-82-40-87-48)74(110)94-60(32-66(102)103)75(111)93-57(73(109)90-54)28-46-33-84-52-20-12-10-17-49(46)52/h8-13,15-18,20-21,23-24,26,33-35,40-42,51,54-62,67,84-85,98H,6-7,14,19,22,25,27-32,36-39H2,1-5H3,(H2,79,104)(H,82,87)(H,86,106)(H,88,100)(H,89,101)(H,90,109)(H,91,108)(H,92,105)(H,93,111)(H,94,110)(H,95,107)(H,96,113)(H,97,112)(H,102,103)(H4,80,81,83)/t51-,54-,55-,56-,57-,58-,59-,60-,61-,62-,67-/m0/s1. The van der Waals surface area contributed by atoms with Crippen molar-refractivity contribution in [1.82, 2.24) is 83.7 Å². The van der Waals surface area contributed by atoms with E-state index in [-0.39, 0.29) is 62.9 Å². The van der Waals surface area contributed by atoms with E-state index in [1.54, 1.807) is 101 Å². The van der Waals surface area contributed by atoms with E-state index in [9.17, 15) is 67.7 Å². The Hall–Kier alpha value is -12.2. The molecule has 1 saturated heterocycles. The number of aliphatic hydroxyl groups is 1. The molecule has 610 valence electrons. The first-order valence-corrected chi connectivity index (χ1v) is 38.8. The number of thioether (sulfide) groups is 1. The maximum Gasteiger partial charge on any atom is 0.305 e. The fraction of sp³-hybridized carbons (Fsp3) is 0.436. The Kier molecular flexibility index (Phi) is 32.5. The highest BCUT2D eigenvalue weighted by molar-refractivity contribution is 8.00. The second kappa shape index (κ2) is 42.4. The van der Waals surface area contributed by atoms with E-state index in [4.69, 9.17) is 16.9 Å². The van der Waals surface area contributed by atoms with E-state index in [1.165, 1.54) is 12.5 Å². The zero-order valence-corrected chi connectivity index (χ0v) is 64.7. The molecule has 0 saturated carbocycles. The molecule has 114 heavy (non-hydrogen) atoms. The van der Waals surface area contributed by atoms with Crippen LogP contribution in [0.5, 0.6) is 0 Å². The van der Waals surface area contributed by atoms with Crippen LogP contribution < -0.4 is 75.3 Å². The molecule has 1 aliphatic heterocycles. The molecule has 0 spiro atoms. The van der Waals surface area contributed by atoms with Crippen LogP contribution in [0.2, 0.25) is 0 Å². The molecule has 8 rings (SSSR count). The predicted molar refractivity (Wildman–Crippen MR) is 424 cm³/mol. The van der Waals surface area contributed by atoms with Gasteiger partial charge in [-0.15, -0.1) is 11.8 Å². The molecule has 4 heterocycles. The molecule has 0 unspecified atom stereocenters. The average Bonchev–Trinajstić information content (AvgIpc) is 1.61. The van der Waals surface area contributed by atoms with Crippen LogP contribution in [0, 0.1) is 23.2 Å². The van der Waals surface area contributed by atoms with Crippen molar-refractivity contribution in [3.63, 3.8) is 0 Å². The van der Waals surface area contributed by atoms with Crippen LogP contribution in [0.15, 0.2) is 116 Å². The number of amides is 12. The summed E-state index contributed by atoms with van der Waals surface area (Å²) in [7, 11) is 0. The van der Waals surface area contributed by atoms with Crippen LogP contribution in [0.3, 0.4) is 0 Å². The van der Waals surface area contributed by atoms with Gasteiger partial charge in [0.25, 0.3) is 0 Å². The third-order valence-corrected chi connectivity index (χ3v) is 20.4. The highest BCUT2D eigenvalue weighted by Crippen LogP contribution is 2.25. The summed E-state index contributed by atoms with van der Waals surface area (Å²) < 4.78 is 0. The van der Waals surface area contributed by atoms with E-state index in [0.29, 0.717) is 51.3 Å². The molecule has 36 heteroatoms. The number of hydrogen-bond acceptors (Lipinski definition) is 18. The Balaban J connectivity index is 1.15. The van der Waals surface area contributed by atoms with Crippen molar-refractivity contribution < 1.29 is 77.3 Å². The number of hydrogen-bond donors (Lipinski definition) is 20. The van der Waals surface area contributed by atoms with Crippen molar-refractivity contribution in [2.24, 2.45) is 29.2 Å². The summed E-state index contributed by atoms with van der Waals surface area (Å²) in [6.07, 6.45) is 4.08. The van der Waals surface area contributed by atoms with Gasteiger partial charge in [-0.05, 0) is 70.7 Å². The third-order valence-electron chi connectivity index (χ3n) is 19.4. The van der Waals surface area contributed by atoms with Crippen molar-refractivity contribution >= 4 is 133 Å². The number of carboxylic acids is 1. The van der Waals surface area contributed by atoms with Gasteiger partial charge in [0.05, 0.1) is 37.7 Å². The molecule has 3 aromatic heterocycles. The SMILES string of the molecule is CCCC[C@@H]1NC(=O)[C@H](Cc2c[nH]c3ccccc23)NC(=O)[C@H](CC(=O)O)NC(=O)[C@H](Cc2cnc[nH]2)NC(=O)CNC(=O)[C@H](CO)NC(=O)[C@H](CCCNC(=N)N)NC(=O)[C@H](Cc2ccc3ccccc3c2)NC(=O)CSC[C@@H](C(N)=O)NC(=O)[C@H](C(C)C)NC(=O)[C@H](Cc2c[nH]c3ccccc23)NC(=O)[C@H](C(C)C)CC1=O. The van der Waals surface area contributed by atoms with Crippen molar-refractivity contribution in [2.45, 2.75) is 166 Å². The Labute approximate surface area is 660 Å². The number of unbranched alkanes of at least 4 members (excludes halogenated alkanes) is 1. The Morgan fingerprint density at radius 1 is 0.561 bits per heavy atom. The number of H-pyrrole nitrogens is 3. The number of nitrogens with zero attached hydrogens (tertiary/aromatic N) is 1. The van der Waals surface area contributed by atoms with E-state index in [0.717, 1.165) is 22.5 Å². The van der Waals surface area contributed by atoms with Crippen molar-refractivity contribution in [1.29, 1.82) is 5.41 Å². The number of primary amides is 1. The van der Waals surface area contributed by atoms with Crippen LogP contribution in [0.25, 0.3) is 32.6 Å². The number of carbonyl (C=O) groups excluding carboxylic acids is 13. The molecular weight excluding hydrogens is 1490 g/mol. The van der Waals surface area contributed by atoms with Gasteiger partial charge in [0.2, 0.25) is 70.9 Å². The summed E-state index contributed by atoms with van der Waals surface area (Å²) in [5, 5.41) is 62.6. The summed E-state index contributed by atoms with van der Waals surface area (Å²) in [6, 6.07) is 11.2. The van der Waals surface area contributed by atoms with Crippen molar-refractivity contribution in [2.75, 3.05) is 31.2 Å². The molecular formula is C78H101N19O16S. The van der Waals surface area contributed by atoms with E-state index < -0.39 is 199 Å². The van der Waals surface area contributed by atoms with Gasteiger partial charge in [0, 0.05) is 96.4 Å². The minimum atomic E-state index is -1.97. The van der Waals surface area contributed by atoms with Crippen LogP contribution in [0.4, 0.5) is 0 Å². The summed E-state index contributed by atoms with van der Waals surface area (Å²) in [6.45, 7) is 6.48. The Morgan fingerprint density at radius 3 is 1.68 bits per heavy atom. The second-order valence-electron chi connectivity index (χ2n) is 28.8. The van der Waals surface area contributed by atoms with Gasteiger partial charge >= 0.3 is 5.97 Å². The molecule has 22 N–H and O–H groups in total. The molecule has 0 bridgehead atoms. The summed E-state index contributed by atoms with van der Waals surface area (Å²) in [5.41, 5.74) is 14.7. The summed E-state index contributed by atoms with van der Waals surface area (Å²) in [5.74, 6) is -17.5. The van der Waals surface area contributed by atoms with Gasteiger partial charge in [-0.1, -0.05) is 126 Å². The number of ketones is 1. The average molecular weight is 1590 g/mol. The number of aliphatic carboxylic acids is 1. The van der Waals surface area contributed by atoms with Gasteiger partial charge in [-0.2, -0.15) is 0 Å². The maximum absolute atomic E-state index is 15.1. The molecule has 1 fully saturated rings. The van der Waals surface area contributed by atoms with Crippen LogP contribution in [-0.4, -0.2) is 210 Å².